The van der Waals surface area contributed by atoms with Crippen molar-refractivity contribution in [3.63, 3.8) is 0 Å². The van der Waals surface area contributed by atoms with Gasteiger partial charge in [0.1, 0.15) is 18.2 Å². The Morgan fingerprint density at radius 1 is 0.909 bits per heavy atom. The van der Waals surface area contributed by atoms with Crippen molar-refractivity contribution in [2.45, 2.75) is 58.3 Å². The minimum atomic E-state index is -0.853. The Bertz CT molecular complexity index is 1430. The number of nitrogens with one attached hydrogen (secondary N) is 5. The Morgan fingerprint density at radius 2 is 1.55 bits per heavy atom. The molecule has 44 heavy (non-hydrogen) atoms. The largest absolute Gasteiger partial charge is 0.450 e. The molecule has 0 spiro atoms. The Labute approximate surface area is 254 Å². The van der Waals surface area contributed by atoms with Crippen molar-refractivity contribution in [3.8, 4) is 23.0 Å². The van der Waals surface area contributed by atoms with Crippen molar-refractivity contribution >= 4 is 35.4 Å². The third kappa shape index (κ3) is 8.14. The summed E-state index contributed by atoms with van der Waals surface area (Å²) in [5.74, 6) is 0.215. The number of hydrazine groups is 1. The van der Waals surface area contributed by atoms with Gasteiger partial charge < -0.3 is 35.9 Å². The summed E-state index contributed by atoms with van der Waals surface area (Å²) in [6.45, 7) is 7.02. The van der Waals surface area contributed by atoms with Crippen LogP contribution in [-0.2, 0) is 30.3 Å². The predicted octanol–water partition coefficient (Wildman–Crippen LogP) is 0.566. The number of primary amides is 1. The molecule has 7 N–H and O–H groups in total. The molecule has 15 nitrogen and oxygen atoms in total. The third-order valence-electron chi connectivity index (χ3n) is 6.93. The summed E-state index contributed by atoms with van der Waals surface area (Å²) >= 11 is 0. The van der Waals surface area contributed by atoms with E-state index in [0.717, 1.165) is 5.56 Å². The fraction of sp³-hybridized carbons (Fsp3) is 0.414. The highest BCUT2D eigenvalue weighted by Crippen LogP contribution is 2.47. The second-order valence-corrected chi connectivity index (χ2v) is 10.6. The minimum absolute atomic E-state index is 0.197. The van der Waals surface area contributed by atoms with E-state index < -0.39 is 48.0 Å². The summed E-state index contributed by atoms with van der Waals surface area (Å²) in [7, 11) is 0. The Kier molecular flexibility index (Phi) is 10.2. The number of hydrogen-bond acceptors (Lipinski definition) is 10. The standard InChI is InChI=1S/C29H37N7O8/c1-15(26(30)38)33-27(39)16(2)34-28(40)17(3)35-32-10-9-19-5-7-22-24(11-19)43-23-8-6-20(12-25(23)44-22)36-14-21(42-29(36)41)13-31-18(4)37/h5-8,11-12,15-17,21,32,35H,9-10,13-14H2,1-4H3,(H2,30,38)(H,31,37)(H,33,39)(H,34,40)/t15?,16-,17?,21-/m0/s1. The highest BCUT2D eigenvalue weighted by Gasteiger charge is 2.33. The average molecular weight is 612 g/mol. The third-order valence-corrected chi connectivity index (χ3v) is 6.93. The fourth-order valence-corrected chi connectivity index (χ4v) is 4.35. The molecular weight excluding hydrogens is 574 g/mol. The number of anilines is 1. The smallest absolute Gasteiger partial charge is 0.414 e. The van der Waals surface area contributed by atoms with Crippen LogP contribution >= 0.6 is 0 Å². The van der Waals surface area contributed by atoms with Crippen molar-refractivity contribution < 1.29 is 38.2 Å². The quantitative estimate of drug-likeness (QED) is 0.117. The summed E-state index contributed by atoms with van der Waals surface area (Å²) in [4.78, 5) is 60.7. The van der Waals surface area contributed by atoms with Crippen LogP contribution in [0.5, 0.6) is 23.0 Å². The average Bonchev–Trinajstić information content (AvgIpc) is 3.36. The van der Waals surface area contributed by atoms with Crippen LogP contribution in [0.2, 0.25) is 0 Å². The Morgan fingerprint density at radius 3 is 2.23 bits per heavy atom. The van der Waals surface area contributed by atoms with Crippen LogP contribution in [0.25, 0.3) is 0 Å². The molecule has 0 radical (unpaired) electrons. The molecule has 5 amide bonds. The van der Waals surface area contributed by atoms with Crippen LogP contribution in [0.15, 0.2) is 36.4 Å². The van der Waals surface area contributed by atoms with Crippen molar-refractivity contribution in [2.75, 3.05) is 24.5 Å². The number of nitrogens with two attached hydrogens (primary N) is 1. The lowest BCUT2D eigenvalue weighted by Gasteiger charge is -2.23. The van der Waals surface area contributed by atoms with Gasteiger partial charge in [-0.3, -0.25) is 29.5 Å². The van der Waals surface area contributed by atoms with E-state index >= 15 is 0 Å². The number of fused-ring (bicyclic) bond motifs is 2. The van der Waals surface area contributed by atoms with E-state index in [-0.39, 0.29) is 12.5 Å². The van der Waals surface area contributed by atoms with Crippen LogP contribution in [0, 0.1) is 0 Å². The van der Waals surface area contributed by atoms with E-state index in [1.165, 1.54) is 25.7 Å². The Hall–Kier alpha value is -4.89. The van der Waals surface area contributed by atoms with Crippen molar-refractivity contribution in [2.24, 2.45) is 5.73 Å². The number of cyclic esters (lactones) is 1. The van der Waals surface area contributed by atoms with Crippen LogP contribution in [-0.4, -0.2) is 73.6 Å². The molecular formula is C29H37N7O8. The summed E-state index contributed by atoms with van der Waals surface area (Å²) < 4.78 is 17.5. The maximum Gasteiger partial charge on any atom is 0.414 e. The summed E-state index contributed by atoms with van der Waals surface area (Å²) in [6, 6.07) is 8.37. The lowest BCUT2D eigenvalue weighted by Crippen LogP contribution is -2.55. The first-order valence-corrected chi connectivity index (χ1v) is 14.1. The zero-order chi connectivity index (χ0) is 32.0. The molecule has 236 valence electrons. The first kappa shape index (κ1) is 32.0. The van der Waals surface area contributed by atoms with E-state index in [1.807, 2.05) is 12.1 Å². The van der Waals surface area contributed by atoms with Gasteiger partial charge >= 0.3 is 6.09 Å². The number of rotatable bonds is 13. The number of carbonyl (C=O) groups is 5. The maximum atomic E-state index is 12.4. The van der Waals surface area contributed by atoms with Gasteiger partial charge in [0.2, 0.25) is 23.6 Å². The summed E-state index contributed by atoms with van der Waals surface area (Å²) in [5.41, 5.74) is 12.6. The molecule has 1 fully saturated rings. The van der Waals surface area contributed by atoms with Gasteiger partial charge in [0.15, 0.2) is 23.0 Å². The molecule has 0 aliphatic carbocycles. The van der Waals surface area contributed by atoms with E-state index in [2.05, 4.69) is 26.8 Å². The topological polar surface area (TPSA) is 202 Å². The van der Waals surface area contributed by atoms with Crippen LogP contribution < -0.4 is 46.9 Å². The first-order valence-electron chi connectivity index (χ1n) is 14.1. The van der Waals surface area contributed by atoms with Crippen LogP contribution in [0.3, 0.4) is 0 Å². The van der Waals surface area contributed by atoms with Gasteiger partial charge in [0, 0.05) is 19.5 Å². The number of carbonyl (C=O) groups excluding carboxylic acids is 5. The highest BCUT2D eigenvalue weighted by molar-refractivity contribution is 5.92. The predicted molar refractivity (Wildman–Crippen MR) is 158 cm³/mol. The number of amides is 5. The molecule has 4 atom stereocenters. The van der Waals surface area contributed by atoms with E-state index in [4.69, 9.17) is 19.9 Å². The van der Waals surface area contributed by atoms with Crippen molar-refractivity contribution in [1.29, 1.82) is 0 Å². The molecule has 2 unspecified atom stereocenters. The number of nitrogens with zero attached hydrogens (tertiary/aromatic N) is 1. The van der Waals surface area contributed by atoms with E-state index in [9.17, 15) is 24.0 Å². The van der Waals surface area contributed by atoms with E-state index in [0.29, 0.717) is 48.2 Å². The van der Waals surface area contributed by atoms with Gasteiger partial charge in [0.05, 0.1) is 24.8 Å². The van der Waals surface area contributed by atoms with Gasteiger partial charge in [-0.05, 0) is 57.0 Å². The number of hydrogen-bond donors (Lipinski definition) is 6. The zero-order valence-electron chi connectivity index (χ0n) is 24.9. The van der Waals surface area contributed by atoms with Crippen molar-refractivity contribution in [3.05, 3.63) is 42.0 Å². The zero-order valence-corrected chi connectivity index (χ0v) is 24.9. The second-order valence-electron chi connectivity index (χ2n) is 10.6. The highest BCUT2D eigenvalue weighted by atomic mass is 16.6. The molecule has 15 heteroatoms. The van der Waals surface area contributed by atoms with Crippen molar-refractivity contribution in [1.82, 2.24) is 26.8 Å². The lowest BCUT2D eigenvalue weighted by molar-refractivity contribution is -0.131. The molecule has 2 aliphatic rings. The Balaban J connectivity index is 1.24. The lowest BCUT2D eigenvalue weighted by atomic mass is 10.1. The SMILES string of the molecule is CC(=O)NC[C@H]1CN(c2ccc3c(c2)Oc2ccc(CCNNC(C)C(=O)N[C@@H](C)C(=O)NC(C)C(N)=O)cc2O3)C(=O)O1. The van der Waals surface area contributed by atoms with Gasteiger partial charge in [-0.25, -0.2) is 10.2 Å². The number of ether oxygens (including phenoxy) is 3. The monoisotopic (exact) mass is 611 g/mol. The molecule has 2 aliphatic heterocycles. The molecule has 2 aromatic carbocycles. The van der Waals surface area contributed by atoms with Crippen LogP contribution in [0.4, 0.5) is 10.5 Å². The molecule has 2 heterocycles. The summed E-state index contributed by atoms with van der Waals surface area (Å²) in [5, 5.41) is 7.67. The molecule has 4 rings (SSSR count). The van der Waals surface area contributed by atoms with E-state index in [1.54, 1.807) is 31.2 Å². The molecule has 1 saturated heterocycles. The summed E-state index contributed by atoms with van der Waals surface area (Å²) in [6.07, 6.45) is -0.358. The molecule has 0 aromatic heterocycles. The minimum Gasteiger partial charge on any atom is -0.450 e. The molecule has 0 saturated carbocycles. The van der Waals surface area contributed by atoms with Gasteiger partial charge in [-0.15, -0.1) is 0 Å². The normalized spacial score (nSPS) is 17.0. The second kappa shape index (κ2) is 14.1. The number of benzene rings is 2. The first-order chi connectivity index (χ1) is 20.9. The molecule has 0 bridgehead atoms. The molecule has 2 aromatic rings. The maximum absolute atomic E-state index is 12.4. The van der Waals surface area contributed by atoms with Gasteiger partial charge in [-0.1, -0.05) is 6.07 Å². The van der Waals surface area contributed by atoms with Gasteiger partial charge in [0.25, 0.3) is 0 Å². The van der Waals surface area contributed by atoms with Crippen LogP contribution in [0.1, 0.15) is 33.3 Å². The van der Waals surface area contributed by atoms with Gasteiger partial charge in [-0.2, -0.15) is 0 Å². The fourth-order valence-electron chi connectivity index (χ4n) is 4.35.